The average Bonchev–Trinajstić information content (AvgIpc) is 3.52. The Morgan fingerprint density at radius 1 is 0.500 bits per heavy atom. The van der Waals surface area contributed by atoms with Crippen LogP contribution in [0.25, 0.3) is 38.6 Å². The highest BCUT2D eigenvalue weighted by Gasteiger charge is 2.46. The molecule has 2 nitrogen and oxygen atoms in total. The third-order valence-electron chi connectivity index (χ3n) is 8.52. The van der Waals surface area contributed by atoms with Crippen LogP contribution >= 0.6 is 0 Å². The van der Waals surface area contributed by atoms with Gasteiger partial charge in [-0.05, 0) is 75.8 Å². The number of para-hydroxylation sites is 2. The quantitative estimate of drug-likeness (QED) is 0.234. The molecule has 0 N–H and O–H groups in total. The number of nitrogens with zero attached hydrogens (tertiary/aromatic N) is 2. The van der Waals surface area contributed by atoms with Crippen molar-refractivity contribution in [3.63, 3.8) is 0 Å². The molecule has 0 unspecified atom stereocenters. The molecule has 0 fully saturated rings. The van der Waals surface area contributed by atoms with Gasteiger partial charge in [0.15, 0.2) is 0 Å². The van der Waals surface area contributed by atoms with E-state index in [1.165, 1.54) is 49.6 Å². The summed E-state index contributed by atoms with van der Waals surface area (Å²) in [6.07, 6.45) is 0. The predicted molar refractivity (Wildman–Crippen MR) is 163 cm³/mol. The summed E-state index contributed by atoms with van der Waals surface area (Å²) in [7, 11) is 0. The molecule has 0 saturated heterocycles. The topological polar surface area (TPSA) is 28.7 Å². The number of benzene rings is 6. The molecule has 0 aliphatic heterocycles. The Bertz CT molecular complexity index is 2060. The SMILES string of the molecule is N#Cc1ccc(C2(c3ccc4c(c3)c3ccccc3n4-c3ccccc3)c3ccccc3-c3ccccc32)cc1. The maximum atomic E-state index is 9.55. The summed E-state index contributed by atoms with van der Waals surface area (Å²) in [6.45, 7) is 0. The molecule has 8 rings (SSSR count). The predicted octanol–water partition coefficient (Wildman–Crippen LogP) is 9.02. The minimum Gasteiger partial charge on any atom is -0.309 e. The van der Waals surface area contributed by atoms with Gasteiger partial charge in [-0.15, -0.1) is 0 Å². The third-order valence-corrected chi connectivity index (χ3v) is 8.52. The fourth-order valence-corrected chi connectivity index (χ4v) is 6.88. The van der Waals surface area contributed by atoms with E-state index < -0.39 is 5.41 Å². The van der Waals surface area contributed by atoms with E-state index in [4.69, 9.17) is 0 Å². The van der Waals surface area contributed by atoms with Crippen molar-refractivity contribution in [2.45, 2.75) is 5.41 Å². The van der Waals surface area contributed by atoms with Crippen LogP contribution in [-0.2, 0) is 5.41 Å². The van der Waals surface area contributed by atoms with Gasteiger partial charge in [0.1, 0.15) is 0 Å². The minimum absolute atomic E-state index is 0.509. The first-order valence-corrected chi connectivity index (χ1v) is 13.6. The van der Waals surface area contributed by atoms with Crippen LogP contribution in [0, 0.1) is 11.3 Å². The van der Waals surface area contributed by atoms with Crippen LogP contribution in [0.3, 0.4) is 0 Å². The van der Waals surface area contributed by atoms with Crippen LogP contribution in [0.2, 0.25) is 0 Å². The van der Waals surface area contributed by atoms with Crippen molar-refractivity contribution >= 4 is 21.8 Å². The van der Waals surface area contributed by atoms with Gasteiger partial charge in [0, 0.05) is 16.5 Å². The van der Waals surface area contributed by atoms with Gasteiger partial charge < -0.3 is 4.57 Å². The van der Waals surface area contributed by atoms with Crippen molar-refractivity contribution in [1.29, 1.82) is 5.26 Å². The van der Waals surface area contributed by atoms with Gasteiger partial charge >= 0.3 is 0 Å². The second-order valence-corrected chi connectivity index (χ2v) is 10.5. The van der Waals surface area contributed by atoms with E-state index in [1.54, 1.807) is 0 Å². The standard InChI is InChI=1S/C38H24N2/c39-25-26-18-20-27(21-19-26)38(34-15-7-4-12-30(34)31-13-5-8-16-35(31)38)28-22-23-37-33(24-28)32-14-6-9-17-36(32)40(37)29-10-2-1-3-11-29/h1-24H. The first-order valence-electron chi connectivity index (χ1n) is 13.6. The van der Waals surface area contributed by atoms with Gasteiger partial charge in [-0.25, -0.2) is 0 Å². The second kappa shape index (κ2) is 8.56. The largest absolute Gasteiger partial charge is 0.309 e. The monoisotopic (exact) mass is 508 g/mol. The Morgan fingerprint density at radius 2 is 1.07 bits per heavy atom. The lowest BCUT2D eigenvalue weighted by molar-refractivity contribution is 0.769. The van der Waals surface area contributed by atoms with Crippen LogP contribution in [-0.4, -0.2) is 4.57 Å². The molecule has 1 aromatic heterocycles. The Kier molecular flexibility index (Phi) is 4.83. The molecule has 40 heavy (non-hydrogen) atoms. The van der Waals surface area contributed by atoms with E-state index in [2.05, 4.69) is 144 Å². The summed E-state index contributed by atoms with van der Waals surface area (Å²) in [5, 5.41) is 12.0. The summed E-state index contributed by atoms with van der Waals surface area (Å²) in [4.78, 5) is 0. The van der Waals surface area contributed by atoms with Gasteiger partial charge in [0.25, 0.3) is 0 Å². The normalized spacial score (nSPS) is 13.2. The van der Waals surface area contributed by atoms with E-state index in [0.29, 0.717) is 5.56 Å². The molecule has 0 radical (unpaired) electrons. The molecular formula is C38H24N2. The van der Waals surface area contributed by atoms with Crippen LogP contribution in [0.15, 0.2) is 146 Å². The fourth-order valence-electron chi connectivity index (χ4n) is 6.88. The maximum Gasteiger partial charge on any atom is 0.0991 e. The summed E-state index contributed by atoms with van der Waals surface area (Å²) in [5.74, 6) is 0. The highest BCUT2D eigenvalue weighted by atomic mass is 15.0. The molecule has 1 aliphatic carbocycles. The highest BCUT2D eigenvalue weighted by molar-refractivity contribution is 6.09. The number of rotatable bonds is 3. The van der Waals surface area contributed by atoms with Crippen molar-refractivity contribution < 1.29 is 0 Å². The molecular weight excluding hydrogens is 484 g/mol. The zero-order chi connectivity index (χ0) is 26.7. The Morgan fingerprint density at radius 3 is 1.77 bits per heavy atom. The van der Waals surface area contributed by atoms with E-state index in [9.17, 15) is 5.26 Å². The molecule has 7 aromatic rings. The van der Waals surface area contributed by atoms with E-state index in [1.807, 2.05) is 12.1 Å². The molecule has 1 aliphatic rings. The Labute approximate surface area is 233 Å². The Hall–Kier alpha value is -5.39. The smallest absolute Gasteiger partial charge is 0.0991 e. The number of hydrogen-bond acceptors (Lipinski definition) is 1. The van der Waals surface area contributed by atoms with Crippen molar-refractivity contribution in [2.24, 2.45) is 0 Å². The lowest BCUT2D eigenvalue weighted by Crippen LogP contribution is -2.28. The molecule has 0 spiro atoms. The van der Waals surface area contributed by atoms with E-state index in [-0.39, 0.29) is 0 Å². The third kappa shape index (κ3) is 2.98. The molecule has 6 aromatic carbocycles. The first-order chi connectivity index (χ1) is 19.8. The molecule has 0 atom stereocenters. The minimum atomic E-state index is -0.509. The number of aromatic nitrogens is 1. The van der Waals surface area contributed by atoms with Crippen molar-refractivity contribution in [3.8, 4) is 22.9 Å². The van der Waals surface area contributed by atoms with Crippen LogP contribution in [0.5, 0.6) is 0 Å². The molecule has 1 heterocycles. The second-order valence-electron chi connectivity index (χ2n) is 10.5. The van der Waals surface area contributed by atoms with Crippen LogP contribution in [0.1, 0.15) is 27.8 Å². The molecule has 186 valence electrons. The number of fused-ring (bicyclic) bond motifs is 6. The fraction of sp³-hybridized carbons (Fsp3) is 0.0263. The van der Waals surface area contributed by atoms with Crippen molar-refractivity contribution in [3.05, 3.63) is 173 Å². The van der Waals surface area contributed by atoms with Gasteiger partial charge in [-0.2, -0.15) is 5.26 Å². The zero-order valence-electron chi connectivity index (χ0n) is 21.8. The number of nitriles is 1. The van der Waals surface area contributed by atoms with Gasteiger partial charge in [-0.1, -0.05) is 103 Å². The lowest BCUT2D eigenvalue weighted by atomic mass is 9.67. The molecule has 0 amide bonds. The number of hydrogen-bond donors (Lipinski definition) is 0. The van der Waals surface area contributed by atoms with Gasteiger partial charge in [0.05, 0.1) is 28.1 Å². The van der Waals surface area contributed by atoms with Gasteiger partial charge in [-0.3, -0.25) is 0 Å². The van der Waals surface area contributed by atoms with Crippen molar-refractivity contribution in [1.82, 2.24) is 4.57 Å². The van der Waals surface area contributed by atoms with Crippen LogP contribution in [0.4, 0.5) is 0 Å². The summed E-state index contributed by atoms with van der Waals surface area (Å²) in [5.41, 5.74) is 11.1. The summed E-state index contributed by atoms with van der Waals surface area (Å²) in [6, 6.07) is 54.2. The zero-order valence-corrected chi connectivity index (χ0v) is 21.8. The summed E-state index contributed by atoms with van der Waals surface area (Å²) >= 11 is 0. The molecule has 0 bridgehead atoms. The van der Waals surface area contributed by atoms with Gasteiger partial charge in [0.2, 0.25) is 0 Å². The lowest BCUT2D eigenvalue weighted by Gasteiger charge is -2.34. The summed E-state index contributed by atoms with van der Waals surface area (Å²) < 4.78 is 2.36. The molecule has 0 saturated carbocycles. The van der Waals surface area contributed by atoms with Crippen molar-refractivity contribution in [2.75, 3.05) is 0 Å². The highest BCUT2D eigenvalue weighted by Crippen LogP contribution is 2.56. The van der Waals surface area contributed by atoms with E-state index in [0.717, 1.165) is 11.3 Å². The first kappa shape index (κ1) is 22.6. The maximum absolute atomic E-state index is 9.55. The average molecular weight is 509 g/mol. The van der Waals surface area contributed by atoms with Crippen LogP contribution < -0.4 is 0 Å². The molecule has 2 heteroatoms. The van der Waals surface area contributed by atoms with E-state index >= 15 is 0 Å². The Balaban J connectivity index is 1.50.